The molecule has 0 bridgehead atoms. The van der Waals surface area contributed by atoms with E-state index in [1.54, 1.807) is 0 Å². The van der Waals surface area contributed by atoms with Crippen molar-refractivity contribution in [1.82, 2.24) is 5.32 Å². The molecule has 0 aromatic rings. The van der Waals surface area contributed by atoms with Crippen LogP contribution in [0.1, 0.15) is 19.8 Å². The number of rotatable bonds is 4. The minimum Gasteiger partial charge on any atom is -0.394 e. The van der Waals surface area contributed by atoms with Crippen molar-refractivity contribution in [2.45, 2.75) is 50.4 Å². The summed E-state index contributed by atoms with van der Waals surface area (Å²) in [6.07, 6.45) is -4.35. The second kappa shape index (κ2) is 6.27. The second-order valence-corrected chi connectivity index (χ2v) is 4.07. The van der Waals surface area contributed by atoms with Crippen LogP contribution in [0.2, 0.25) is 0 Å². The molecule has 0 saturated carbocycles. The lowest BCUT2D eigenvalue weighted by Crippen LogP contribution is -2.64. The van der Waals surface area contributed by atoms with Gasteiger partial charge < -0.3 is 30.5 Å². The predicted octanol–water partition coefficient (Wildman–Crippen LogP) is -2.30. The van der Waals surface area contributed by atoms with E-state index in [4.69, 9.17) is 9.84 Å². The van der Waals surface area contributed by atoms with E-state index in [0.717, 1.165) is 0 Å². The zero-order valence-corrected chi connectivity index (χ0v) is 9.61. The quantitative estimate of drug-likeness (QED) is 0.382. The first-order valence-corrected chi connectivity index (χ1v) is 5.61. The summed E-state index contributed by atoms with van der Waals surface area (Å²) < 4.78 is 4.89. The van der Waals surface area contributed by atoms with Crippen LogP contribution < -0.4 is 5.32 Å². The van der Waals surface area contributed by atoms with Gasteiger partial charge in [-0.2, -0.15) is 0 Å². The number of nitrogens with one attached hydrogen (secondary N) is 1. The van der Waals surface area contributed by atoms with Gasteiger partial charge in [0.1, 0.15) is 24.4 Å². The lowest BCUT2D eigenvalue weighted by molar-refractivity contribution is -0.253. The van der Waals surface area contributed by atoms with Crippen molar-refractivity contribution in [2.75, 3.05) is 6.61 Å². The van der Waals surface area contributed by atoms with E-state index >= 15 is 0 Å². The summed E-state index contributed by atoms with van der Waals surface area (Å²) in [5, 5.41) is 40.1. The minimum absolute atomic E-state index is 0.259. The van der Waals surface area contributed by atoms with Gasteiger partial charge in [-0.15, -0.1) is 0 Å². The number of amides is 1. The maximum absolute atomic E-state index is 11.3. The number of carbonyl (C=O) groups is 1. The largest absolute Gasteiger partial charge is 0.394 e. The topological polar surface area (TPSA) is 119 Å². The van der Waals surface area contributed by atoms with Crippen molar-refractivity contribution in [3.8, 4) is 0 Å². The van der Waals surface area contributed by atoms with Gasteiger partial charge in [-0.25, -0.2) is 0 Å². The van der Waals surface area contributed by atoms with E-state index < -0.39 is 37.3 Å². The smallest absolute Gasteiger partial charge is 0.220 e. The van der Waals surface area contributed by atoms with Gasteiger partial charge in [-0.05, 0) is 6.42 Å². The lowest BCUT2D eigenvalue weighted by atomic mass is 9.97. The Bertz CT molecular complexity index is 261. The maximum Gasteiger partial charge on any atom is 0.220 e. The maximum atomic E-state index is 11.3. The highest BCUT2D eigenvalue weighted by atomic mass is 16.6. The highest BCUT2D eigenvalue weighted by Gasteiger charge is 2.44. The van der Waals surface area contributed by atoms with E-state index in [1.807, 2.05) is 6.92 Å². The monoisotopic (exact) mass is 249 g/mol. The molecule has 5 atom stereocenters. The summed E-state index contributed by atoms with van der Waals surface area (Å²) in [6.45, 7) is 1.30. The Labute approximate surface area is 99.0 Å². The van der Waals surface area contributed by atoms with Crippen LogP contribution in [-0.4, -0.2) is 63.6 Å². The van der Waals surface area contributed by atoms with E-state index in [2.05, 4.69) is 5.32 Å². The lowest BCUT2D eigenvalue weighted by Gasteiger charge is -2.40. The Morgan fingerprint density at radius 2 is 1.94 bits per heavy atom. The Morgan fingerprint density at radius 3 is 2.47 bits per heavy atom. The second-order valence-electron chi connectivity index (χ2n) is 4.07. The minimum atomic E-state index is -1.45. The molecule has 0 spiro atoms. The van der Waals surface area contributed by atoms with Crippen LogP contribution in [0.15, 0.2) is 0 Å². The molecule has 0 unspecified atom stereocenters. The number of aliphatic hydroxyl groups is 4. The third-order valence-corrected chi connectivity index (χ3v) is 2.70. The van der Waals surface area contributed by atoms with Gasteiger partial charge >= 0.3 is 0 Å². The van der Waals surface area contributed by atoms with Gasteiger partial charge in [0, 0.05) is 6.42 Å². The number of hydrogen-bond acceptors (Lipinski definition) is 6. The first kappa shape index (κ1) is 14.3. The van der Waals surface area contributed by atoms with Crippen LogP contribution in [0.4, 0.5) is 0 Å². The molecule has 0 aromatic heterocycles. The van der Waals surface area contributed by atoms with Crippen LogP contribution in [0.25, 0.3) is 0 Å². The number of carbonyl (C=O) groups excluding carboxylic acids is 1. The van der Waals surface area contributed by atoms with Crippen molar-refractivity contribution in [3.05, 3.63) is 0 Å². The molecule has 1 aliphatic heterocycles. The van der Waals surface area contributed by atoms with Crippen molar-refractivity contribution in [1.29, 1.82) is 0 Å². The molecule has 1 heterocycles. The first-order chi connectivity index (χ1) is 8.01. The van der Waals surface area contributed by atoms with Crippen LogP contribution in [-0.2, 0) is 9.53 Å². The molecule has 7 heteroatoms. The van der Waals surface area contributed by atoms with Gasteiger partial charge in [0.2, 0.25) is 5.91 Å². The molecular weight excluding hydrogens is 230 g/mol. The molecule has 1 saturated heterocycles. The molecule has 0 aromatic carbocycles. The van der Waals surface area contributed by atoms with E-state index in [1.165, 1.54) is 0 Å². The van der Waals surface area contributed by atoms with Gasteiger partial charge in [0.05, 0.1) is 6.61 Å². The molecule has 100 valence electrons. The molecule has 17 heavy (non-hydrogen) atoms. The summed E-state index contributed by atoms with van der Waals surface area (Å²) in [7, 11) is 0. The zero-order chi connectivity index (χ0) is 13.0. The van der Waals surface area contributed by atoms with Crippen LogP contribution in [0.3, 0.4) is 0 Å². The van der Waals surface area contributed by atoms with Gasteiger partial charge in [-0.3, -0.25) is 4.79 Å². The summed E-state index contributed by atoms with van der Waals surface area (Å²) in [5.41, 5.74) is 0. The molecule has 0 aliphatic carbocycles. The Hall–Kier alpha value is -0.730. The zero-order valence-electron chi connectivity index (χ0n) is 9.61. The summed E-state index contributed by atoms with van der Waals surface area (Å²) in [6, 6.07) is -1.09. The summed E-state index contributed by atoms with van der Waals surface area (Å²) in [5.74, 6) is -0.339. The van der Waals surface area contributed by atoms with E-state index in [-0.39, 0.29) is 12.3 Å². The molecule has 1 fully saturated rings. The average molecular weight is 249 g/mol. The number of aliphatic hydroxyl groups excluding tert-OH is 4. The Morgan fingerprint density at radius 1 is 1.29 bits per heavy atom. The summed E-state index contributed by atoms with van der Waals surface area (Å²) in [4.78, 5) is 11.3. The standard InChI is InChI=1S/C10H19NO6/c1-2-3-6(13)11-7-9(15)8(14)5(4-12)17-10(7)16/h5,7-10,12,14-16H,2-4H2,1H3,(H,11,13)/t5-,7-,8-,9-,10+/m1/s1. The van der Waals surface area contributed by atoms with Crippen molar-refractivity contribution in [2.24, 2.45) is 0 Å². The predicted molar refractivity (Wildman–Crippen MR) is 56.8 cm³/mol. The number of hydrogen-bond donors (Lipinski definition) is 5. The first-order valence-electron chi connectivity index (χ1n) is 5.61. The van der Waals surface area contributed by atoms with Crippen molar-refractivity contribution < 1.29 is 30.0 Å². The van der Waals surface area contributed by atoms with Crippen molar-refractivity contribution in [3.63, 3.8) is 0 Å². The molecule has 1 aliphatic rings. The van der Waals surface area contributed by atoms with Gasteiger partial charge in [0.15, 0.2) is 6.29 Å². The van der Waals surface area contributed by atoms with E-state index in [9.17, 15) is 20.1 Å². The highest BCUT2D eigenvalue weighted by molar-refractivity contribution is 5.76. The third-order valence-electron chi connectivity index (χ3n) is 2.70. The Kier molecular flexibility index (Phi) is 5.29. The van der Waals surface area contributed by atoms with Gasteiger partial charge in [-0.1, -0.05) is 6.92 Å². The number of ether oxygens (including phenoxy) is 1. The fraction of sp³-hybridized carbons (Fsp3) is 0.900. The van der Waals surface area contributed by atoms with Crippen LogP contribution >= 0.6 is 0 Å². The average Bonchev–Trinajstić information content (AvgIpc) is 2.29. The van der Waals surface area contributed by atoms with Gasteiger partial charge in [0.25, 0.3) is 0 Å². The normalized spacial score (nSPS) is 37.8. The molecular formula is C10H19NO6. The molecule has 5 N–H and O–H groups in total. The molecule has 7 nitrogen and oxygen atoms in total. The van der Waals surface area contributed by atoms with Crippen LogP contribution in [0.5, 0.6) is 0 Å². The molecule has 1 rings (SSSR count). The van der Waals surface area contributed by atoms with E-state index in [0.29, 0.717) is 6.42 Å². The summed E-state index contributed by atoms with van der Waals surface area (Å²) >= 11 is 0. The molecule has 1 amide bonds. The Balaban J connectivity index is 2.63. The SMILES string of the molecule is CCCC(=O)N[C@@H]1[C@@H](O)[C@H](O)[C@@H](CO)O[C@@H]1O. The van der Waals surface area contributed by atoms with Crippen molar-refractivity contribution >= 4 is 5.91 Å². The third kappa shape index (κ3) is 3.36. The fourth-order valence-corrected chi connectivity index (χ4v) is 1.74. The molecule has 0 radical (unpaired) electrons. The highest BCUT2D eigenvalue weighted by Crippen LogP contribution is 2.19. The van der Waals surface area contributed by atoms with Crippen LogP contribution in [0, 0.1) is 0 Å². The fourth-order valence-electron chi connectivity index (χ4n) is 1.74.